The van der Waals surface area contributed by atoms with E-state index in [1.165, 1.54) is 12.1 Å². The molecule has 0 amide bonds. The van der Waals surface area contributed by atoms with Gasteiger partial charge in [-0.15, -0.1) is 5.10 Å². The van der Waals surface area contributed by atoms with Gasteiger partial charge >= 0.3 is 6.18 Å². The third kappa shape index (κ3) is 4.28. The second kappa shape index (κ2) is 8.16. The highest BCUT2D eigenvalue weighted by atomic mass is 19.4. The zero-order valence-corrected chi connectivity index (χ0v) is 16.0. The van der Waals surface area contributed by atoms with Gasteiger partial charge in [0.2, 0.25) is 0 Å². The number of imidazole rings is 1. The number of nitrogens with one attached hydrogen (secondary N) is 1. The van der Waals surface area contributed by atoms with Gasteiger partial charge in [-0.25, -0.2) is 9.50 Å². The van der Waals surface area contributed by atoms with Gasteiger partial charge in [-0.3, -0.25) is 0 Å². The smallest absolute Gasteiger partial charge is 0.368 e. The molecule has 2 aromatic heterocycles. The van der Waals surface area contributed by atoms with E-state index in [9.17, 15) is 13.2 Å². The maximum atomic E-state index is 12.9. The lowest BCUT2D eigenvalue weighted by Crippen LogP contribution is -2.10. The number of halogens is 3. The van der Waals surface area contributed by atoms with E-state index in [2.05, 4.69) is 15.4 Å². The second-order valence-corrected chi connectivity index (χ2v) is 6.91. The van der Waals surface area contributed by atoms with Crippen LogP contribution in [0.1, 0.15) is 16.7 Å². The molecule has 30 heavy (non-hydrogen) atoms. The van der Waals surface area contributed by atoms with E-state index in [0.717, 1.165) is 22.9 Å². The molecule has 5 nitrogen and oxygen atoms in total. The lowest BCUT2D eigenvalue weighted by molar-refractivity contribution is -0.137. The molecule has 0 unspecified atom stereocenters. The highest BCUT2D eigenvalue weighted by Gasteiger charge is 2.30. The van der Waals surface area contributed by atoms with Crippen molar-refractivity contribution in [3.05, 3.63) is 83.6 Å². The van der Waals surface area contributed by atoms with Crippen LogP contribution in [0.3, 0.4) is 0 Å². The quantitative estimate of drug-likeness (QED) is 0.489. The van der Waals surface area contributed by atoms with Gasteiger partial charge < -0.3 is 11.1 Å². The molecule has 8 heteroatoms. The van der Waals surface area contributed by atoms with Crippen LogP contribution in [0, 0.1) is 0 Å². The number of alkyl halides is 3. The zero-order chi connectivity index (χ0) is 21.1. The van der Waals surface area contributed by atoms with Gasteiger partial charge in [0.05, 0.1) is 17.5 Å². The molecule has 0 spiro atoms. The Kier molecular flexibility index (Phi) is 5.41. The van der Waals surface area contributed by atoms with Crippen molar-refractivity contribution in [3.63, 3.8) is 0 Å². The van der Waals surface area contributed by atoms with E-state index in [-0.39, 0.29) is 0 Å². The fraction of sp³-hybridized carbons (Fsp3) is 0.182. The van der Waals surface area contributed by atoms with Crippen LogP contribution in [-0.4, -0.2) is 21.1 Å². The van der Waals surface area contributed by atoms with Gasteiger partial charge in [0.15, 0.2) is 5.65 Å². The zero-order valence-electron chi connectivity index (χ0n) is 16.0. The summed E-state index contributed by atoms with van der Waals surface area (Å²) in [7, 11) is 0. The minimum Gasteiger partial charge on any atom is -0.368 e. The molecule has 0 fully saturated rings. The molecular weight excluding hydrogens is 391 g/mol. The Morgan fingerprint density at radius 2 is 1.77 bits per heavy atom. The lowest BCUT2D eigenvalue weighted by atomic mass is 10.1. The molecule has 2 heterocycles. The molecule has 0 bridgehead atoms. The van der Waals surface area contributed by atoms with E-state index in [4.69, 9.17) is 5.73 Å². The number of hydrogen-bond acceptors (Lipinski definition) is 4. The summed E-state index contributed by atoms with van der Waals surface area (Å²) in [6.45, 7) is 0.931. The third-order valence-electron chi connectivity index (χ3n) is 4.82. The molecule has 2 aromatic carbocycles. The average molecular weight is 411 g/mol. The van der Waals surface area contributed by atoms with E-state index in [0.29, 0.717) is 36.5 Å². The van der Waals surface area contributed by atoms with Crippen molar-refractivity contribution in [2.24, 2.45) is 5.73 Å². The first-order valence-electron chi connectivity index (χ1n) is 9.48. The van der Waals surface area contributed by atoms with E-state index < -0.39 is 11.7 Å². The van der Waals surface area contributed by atoms with Crippen LogP contribution in [0.5, 0.6) is 0 Å². The van der Waals surface area contributed by atoms with Crippen molar-refractivity contribution in [2.75, 3.05) is 11.9 Å². The first-order chi connectivity index (χ1) is 14.4. The molecule has 0 aliphatic carbocycles. The number of aromatic nitrogens is 3. The van der Waals surface area contributed by atoms with Crippen molar-refractivity contribution in [3.8, 4) is 11.3 Å². The molecule has 154 valence electrons. The number of anilines is 1. The standard InChI is InChI=1S/C22H20F3N5/c23-22(24,25)18-3-1-2-15(12-18)10-11-27-20-8-9-21-28-14-19(30(21)29-20)17-6-4-16(13-26)5-7-17/h1-9,12,14H,10-11,13,26H2,(H,27,29). The number of benzene rings is 2. The Labute approximate surface area is 171 Å². The summed E-state index contributed by atoms with van der Waals surface area (Å²) in [5, 5.41) is 7.75. The number of nitrogens with zero attached hydrogens (tertiary/aromatic N) is 3. The summed E-state index contributed by atoms with van der Waals surface area (Å²) in [4.78, 5) is 4.38. The Morgan fingerprint density at radius 1 is 0.967 bits per heavy atom. The fourth-order valence-corrected chi connectivity index (χ4v) is 3.21. The van der Waals surface area contributed by atoms with Crippen LogP contribution in [-0.2, 0) is 19.1 Å². The van der Waals surface area contributed by atoms with Crippen molar-refractivity contribution in [1.29, 1.82) is 0 Å². The van der Waals surface area contributed by atoms with Crippen molar-refractivity contribution in [2.45, 2.75) is 19.1 Å². The van der Waals surface area contributed by atoms with Crippen LogP contribution in [0.25, 0.3) is 16.9 Å². The van der Waals surface area contributed by atoms with Gasteiger partial charge in [-0.1, -0.05) is 42.5 Å². The minimum absolute atomic E-state index is 0.445. The molecule has 3 N–H and O–H groups in total. The largest absolute Gasteiger partial charge is 0.416 e. The summed E-state index contributed by atoms with van der Waals surface area (Å²) >= 11 is 0. The highest BCUT2D eigenvalue weighted by molar-refractivity contribution is 5.64. The van der Waals surface area contributed by atoms with Crippen molar-refractivity contribution in [1.82, 2.24) is 14.6 Å². The summed E-state index contributed by atoms with van der Waals surface area (Å²) in [6, 6.07) is 16.9. The molecule has 0 saturated heterocycles. The second-order valence-electron chi connectivity index (χ2n) is 6.91. The van der Waals surface area contributed by atoms with Gasteiger partial charge in [-0.2, -0.15) is 13.2 Å². The maximum Gasteiger partial charge on any atom is 0.416 e. The van der Waals surface area contributed by atoms with E-state index in [1.807, 2.05) is 30.3 Å². The Morgan fingerprint density at radius 3 is 2.50 bits per heavy atom. The van der Waals surface area contributed by atoms with Crippen molar-refractivity contribution < 1.29 is 13.2 Å². The van der Waals surface area contributed by atoms with Gasteiger partial charge in [0, 0.05) is 18.7 Å². The lowest BCUT2D eigenvalue weighted by Gasteiger charge is -2.10. The predicted octanol–water partition coefficient (Wildman–Crippen LogP) is 4.53. The SMILES string of the molecule is NCc1ccc(-c2cnc3ccc(NCCc4cccc(C(F)(F)F)c4)nn23)cc1. The molecule has 0 aliphatic rings. The minimum atomic E-state index is -4.34. The normalized spacial score (nSPS) is 11.7. The Bertz CT molecular complexity index is 1150. The summed E-state index contributed by atoms with van der Waals surface area (Å²) in [6.07, 6.45) is -2.14. The Hall–Kier alpha value is -3.39. The van der Waals surface area contributed by atoms with Gasteiger partial charge in [-0.05, 0) is 35.7 Å². The molecule has 0 saturated carbocycles. The maximum absolute atomic E-state index is 12.9. The topological polar surface area (TPSA) is 68.2 Å². The van der Waals surface area contributed by atoms with E-state index >= 15 is 0 Å². The number of fused-ring (bicyclic) bond motifs is 1. The first-order valence-corrected chi connectivity index (χ1v) is 9.48. The monoisotopic (exact) mass is 411 g/mol. The molecule has 0 radical (unpaired) electrons. The predicted molar refractivity (Wildman–Crippen MR) is 110 cm³/mol. The van der Waals surface area contributed by atoms with Crippen LogP contribution in [0.4, 0.5) is 19.0 Å². The molecular formula is C22H20F3N5. The van der Waals surface area contributed by atoms with E-state index in [1.54, 1.807) is 22.8 Å². The van der Waals surface area contributed by atoms with Crippen LogP contribution in [0.2, 0.25) is 0 Å². The number of hydrogen-bond donors (Lipinski definition) is 2. The summed E-state index contributed by atoms with van der Waals surface area (Å²) in [5.74, 6) is 0.618. The average Bonchev–Trinajstić information content (AvgIpc) is 3.17. The van der Waals surface area contributed by atoms with Crippen molar-refractivity contribution >= 4 is 11.5 Å². The summed E-state index contributed by atoms with van der Waals surface area (Å²) in [5.41, 5.74) is 9.18. The molecule has 4 rings (SSSR count). The van der Waals surface area contributed by atoms with Crippen LogP contribution in [0.15, 0.2) is 66.9 Å². The fourth-order valence-electron chi connectivity index (χ4n) is 3.21. The molecule has 4 aromatic rings. The van der Waals surface area contributed by atoms with Crippen LogP contribution < -0.4 is 11.1 Å². The molecule has 0 atom stereocenters. The van der Waals surface area contributed by atoms with Gasteiger partial charge in [0.25, 0.3) is 0 Å². The summed E-state index contributed by atoms with van der Waals surface area (Å²) < 4.78 is 40.3. The van der Waals surface area contributed by atoms with Crippen LogP contribution >= 0.6 is 0 Å². The van der Waals surface area contributed by atoms with Gasteiger partial charge in [0.1, 0.15) is 5.82 Å². The third-order valence-corrected chi connectivity index (χ3v) is 4.82. The first kappa shape index (κ1) is 19.9. The number of rotatable bonds is 6. The number of nitrogens with two attached hydrogens (primary N) is 1. The highest BCUT2D eigenvalue weighted by Crippen LogP contribution is 2.29. The molecule has 0 aliphatic heterocycles. The Balaban J connectivity index is 1.49.